The van der Waals surface area contributed by atoms with Crippen molar-refractivity contribution in [2.45, 2.75) is 32.4 Å². The lowest BCUT2D eigenvalue weighted by atomic mass is 9.96. The second-order valence-corrected chi connectivity index (χ2v) is 5.51. The minimum atomic E-state index is 0.129. The van der Waals surface area contributed by atoms with Crippen LogP contribution in [0.25, 0.3) is 11.0 Å². The Morgan fingerprint density at radius 1 is 1.37 bits per heavy atom. The number of para-hydroxylation sites is 1. The van der Waals surface area contributed by atoms with Gasteiger partial charge in [0.25, 0.3) is 0 Å². The lowest BCUT2D eigenvalue weighted by Gasteiger charge is -2.23. The van der Waals surface area contributed by atoms with Crippen molar-refractivity contribution in [1.29, 1.82) is 0 Å². The van der Waals surface area contributed by atoms with Gasteiger partial charge >= 0.3 is 0 Å². The fourth-order valence-corrected chi connectivity index (χ4v) is 2.99. The zero-order chi connectivity index (χ0) is 13.4. The molecule has 2 heterocycles. The van der Waals surface area contributed by atoms with E-state index in [-0.39, 0.29) is 12.1 Å². The van der Waals surface area contributed by atoms with E-state index in [4.69, 9.17) is 9.15 Å². The van der Waals surface area contributed by atoms with Crippen LogP contribution in [0.5, 0.6) is 0 Å². The van der Waals surface area contributed by atoms with Crippen molar-refractivity contribution in [1.82, 2.24) is 5.32 Å². The van der Waals surface area contributed by atoms with Crippen LogP contribution in [0.15, 0.2) is 28.7 Å². The Balaban J connectivity index is 1.99. The van der Waals surface area contributed by atoms with Gasteiger partial charge < -0.3 is 14.5 Å². The molecule has 0 aliphatic carbocycles. The van der Waals surface area contributed by atoms with Crippen molar-refractivity contribution in [3.63, 3.8) is 0 Å². The summed E-state index contributed by atoms with van der Waals surface area (Å²) in [4.78, 5) is 0. The smallest absolute Gasteiger partial charge is 0.137 e. The molecule has 0 radical (unpaired) electrons. The molecule has 3 atom stereocenters. The summed E-state index contributed by atoms with van der Waals surface area (Å²) in [6, 6.07) is 8.52. The molecule has 0 saturated carbocycles. The second-order valence-electron chi connectivity index (χ2n) is 5.51. The van der Waals surface area contributed by atoms with Crippen LogP contribution >= 0.6 is 0 Å². The third-order valence-corrected chi connectivity index (χ3v) is 4.15. The van der Waals surface area contributed by atoms with Crippen LogP contribution in [-0.2, 0) is 4.74 Å². The van der Waals surface area contributed by atoms with Crippen molar-refractivity contribution in [2.75, 3.05) is 13.7 Å². The molecule has 3 rings (SSSR count). The van der Waals surface area contributed by atoms with Gasteiger partial charge in [0.2, 0.25) is 0 Å². The van der Waals surface area contributed by atoms with Crippen LogP contribution in [0.4, 0.5) is 0 Å². The molecule has 1 aromatic carbocycles. The molecule has 1 N–H and O–H groups in total. The number of rotatable bonds is 3. The summed E-state index contributed by atoms with van der Waals surface area (Å²) < 4.78 is 11.9. The maximum Gasteiger partial charge on any atom is 0.137 e. The van der Waals surface area contributed by atoms with E-state index in [9.17, 15) is 0 Å². The Morgan fingerprint density at radius 3 is 2.84 bits per heavy atom. The predicted molar refractivity (Wildman–Crippen MR) is 76.3 cm³/mol. The van der Waals surface area contributed by atoms with Crippen molar-refractivity contribution < 1.29 is 9.15 Å². The van der Waals surface area contributed by atoms with Gasteiger partial charge in [0.1, 0.15) is 11.3 Å². The molecule has 2 aromatic rings. The molecule has 1 aromatic heterocycles. The van der Waals surface area contributed by atoms with Crippen LogP contribution in [0.2, 0.25) is 0 Å². The summed E-state index contributed by atoms with van der Waals surface area (Å²) in [6.07, 6.45) is 1.33. The van der Waals surface area contributed by atoms with E-state index in [0.29, 0.717) is 5.92 Å². The van der Waals surface area contributed by atoms with E-state index in [1.54, 1.807) is 0 Å². The quantitative estimate of drug-likeness (QED) is 0.917. The average Bonchev–Trinajstić information content (AvgIpc) is 2.99. The number of furan rings is 1. The minimum absolute atomic E-state index is 0.129. The number of likely N-dealkylation sites (N-methyl/N-ethyl adjacent to an activating group) is 1. The van der Waals surface area contributed by atoms with Gasteiger partial charge in [0, 0.05) is 12.0 Å². The molecule has 1 aliphatic rings. The summed E-state index contributed by atoms with van der Waals surface area (Å²) in [5.74, 6) is 1.54. The van der Waals surface area contributed by atoms with Crippen molar-refractivity contribution >= 4 is 11.0 Å². The maximum absolute atomic E-state index is 6.07. The van der Waals surface area contributed by atoms with E-state index >= 15 is 0 Å². The second kappa shape index (κ2) is 4.99. The van der Waals surface area contributed by atoms with E-state index in [2.05, 4.69) is 43.4 Å². The summed E-state index contributed by atoms with van der Waals surface area (Å²) >= 11 is 0. The molecule has 19 heavy (non-hydrogen) atoms. The van der Waals surface area contributed by atoms with E-state index < -0.39 is 0 Å². The zero-order valence-corrected chi connectivity index (χ0v) is 11.8. The lowest BCUT2D eigenvalue weighted by molar-refractivity contribution is 0.0569. The Bertz CT molecular complexity index is 575. The zero-order valence-electron chi connectivity index (χ0n) is 11.8. The molecular weight excluding hydrogens is 238 g/mol. The summed E-state index contributed by atoms with van der Waals surface area (Å²) in [6.45, 7) is 5.18. The molecule has 0 bridgehead atoms. The molecule has 1 aliphatic heterocycles. The summed E-state index contributed by atoms with van der Waals surface area (Å²) in [5.41, 5.74) is 2.17. The molecule has 0 amide bonds. The predicted octanol–water partition coefficient (Wildman–Crippen LogP) is 3.43. The lowest BCUT2D eigenvalue weighted by Crippen LogP contribution is -2.32. The number of aryl methyl sites for hydroxylation is 1. The van der Waals surface area contributed by atoms with E-state index in [1.165, 1.54) is 10.9 Å². The first-order valence-electron chi connectivity index (χ1n) is 6.98. The third kappa shape index (κ3) is 2.17. The summed E-state index contributed by atoms with van der Waals surface area (Å²) in [5, 5.41) is 4.52. The molecule has 1 saturated heterocycles. The highest BCUT2D eigenvalue weighted by atomic mass is 16.5. The molecule has 3 unspecified atom stereocenters. The van der Waals surface area contributed by atoms with Gasteiger partial charge in [-0.25, -0.2) is 0 Å². The Morgan fingerprint density at radius 2 is 2.21 bits per heavy atom. The molecule has 102 valence electrons. The Labute approximate surface area is 113 Å². The molecule has 1 fully saturated rings. The van der Waals surface area contributed by atoms with Crippen molar-refractivity contribution in [3.05, 3.63) is 35.6 Å². The van der Waals surface area contributed by atoms with Crippen molar-refractivity contribution in [2.24, 2.45) is 5.92 Å². The van der Waals surface area contributed by atoms with Crippen LogP contribution in [-0.4, -0.2) is 19.8 Å². The van der Waals surface area contributed by atoms with Crippen LogP contribution in [0.3, 0.4) is 0 Å². The molecule has 0 spiro atoms. The number of nitrogens with one attached hydrogen (secondary N) is 1. The largest absolute Gasteiger partial charge is 0.459 e. The highest BCUT2D eigenvalue weighted by molar-refractivity contribution is 5.81. The van der Waals surface area contributed by atoms with Crippen LogP contribution < -0.4 is 5.32 Å². The highest BCUT2D eigenvalue weighted by Crippen LogP contribution is 2.34. The molecular formula is C16H21NO2. The number of benzene rings is 1. The highest BCUT2D eigenvalue weighted by Gasteiger charge is 2.34. The SMILES string of the molecule is CNC(c1cc2cccc(C)c2o1)C1OCCC1C. The molecule has 3 heteroatoms. The number of hydrogen-bond acceptors (Lipinski definition) is 3. The van der Waals surface area contributed by atoms with Gasteiger partial charge in [-0.1, -0.05) is 25.1 Å². The van der Waals surface area contributed by atoms with Crippen molar-refractivity contribution in [3.8, 4) is 0 Å². The Hall–Kier alpha value is -1.32. The average molecular weight is 259 g/mol. The number of hydrogen-bond donors (Lipinski definition) is 1. The van der Waals surface area contributed by atoms with Gasteiger partial charge in [-0.05, 0) is 37.9 Å². The Kier molecular flexibility index (Phi) is 3.33. The van der Waals surface area contributed by atoms with Gasteiger partial charge in [-0.3, -0.25) is 0 Å². The van der Waals surface area contributed by atoms with Gasteiger partial charge in [-0.2, -0.15) is 0 Å². The minimum Gasteiger partial charge on any atom is -0.459 e. The van der Waals surface area contributed by atoms with Gasteiger partial charge in [-0.15, -0.1) is 0 Å². The fraction of sp³-hybridized carbons (Fsp3) is 0.500. The van der Waals surface area contributed by atoms with Crippen LogP contribution in [0.1, 0.15) is 30.7 Å². The first-order valence-corrected chi connectivity index (χ1v) is 6.98. The van der Waals surface area contributed by atoms with Gasteiger partial charge in [0.05, 0.1) is 12.1 Å². The fourth-order valence-electron chi connectivity index (χ4n) is 2.99. The molecule has 3 nitrogen and oxygen atoms in total. The number of fused-ring (bicyclic) bond motifs is 1. The standard InChI is InChI=1S/C16H21NO2/c1-10-5-4-6-12-9-13(19-15(10)12)14(17-3)16-11(2)7-8-18-16/h4-6,9,11,14,16-17H,7-8H2,1-3H3. The maximum atomic E-state index is 6.07. The normalized spacial score (nSPS) is 25.0. The summed E-state index contributed by atoms with van der Waals surface area (Å²) in [7, 11) is 1.97. The van der Waals surface area contributed by atoms with Crippen LogP contribution in [0, 0.1) is 12.8 Å². The third-order valence-electron chi connectivity index (χ3n) is 4.15. The van der Waals surface area contributed by atoms with E-state index in [1.807, 2.05) is 7.05 Å². The topological polar surface area (TPSA) is 34.4 Å². The van der Waals surface area contributed by atoms with E-state index in [0.717, 1.165) is 24.4 Å². The first kappa shape index (κ1) is 12.7. The monoisotopic (exact) mass is 259 g/mol. The first-order chi connectivity index (χ1) is 9.20. The van der Waals surface area contributed by atoms with Gasteiger partial charge in [0.15, 0.2) is 0 Å². The number of ether oxygens (including phenoxy) is 1.